The van der Waals surface area contributed by atoms with Crippen molar-refractivity contribution >= 4 is 12.8 Å². The fourth-order valence-corrected chi connectivity index (χ4v) is 0.916. The van der Waals surface area contributed by atoms with Gasteiger partial charge in [0.2, 0.25) is 0 Å². The second-order valence-electron chi connectivity index (χ2n) is 1.96. The summed E-state index contributed by atoms with van der Waals surface area (Å²) in [6, 6.07) is 7.16. The minimum absolute atomic E-state index is 0.309. The molecule has 0 saturated heterocycles. The molecule has 0 aliphatic carbocycles. The van der Waals surface area contributed by atoms with Crippen LogP contribution in [0, 0.1) is 0 Å². The van der Waals surface area contributed by atoms with E-state index in [4.69, 9.17) is 5.11 Å². The van der Waals surface area contributed by atoms with Gasteiger partial charge in [-0.3, -0.25) is 4.72 Å². The first-order valence-electron chi connectivity index (χ1n) is 2.98. The molecule has 0 bridgehead atoms. The smallest absolute Gasteiger partial charge is 0.120 e. The predicted molar refractivity (Wildman–Crippen MR) is 43.9 cm³/mol. The molecule has 0 aliphatic heterocycles. The van der Waals surface area contributed by atoms with Crippen LogP contribution in [-0.2, 0) is 6.54 Å². The normalized spacial score (nSPS) is 9.70. The molecule has 0 aromatic heterocycles. The maximum Gasteiger partial charge on any atom is 0.120 e. The maximum absolute atomic E-state index is 9.17. The molecule has 3 heteroatoms. The molecule has 0 unspecified atom stereocenters. The van der Waals surface area contributed by atoms with Gasteiger partial charge in [-0.1, -0.05) is 31.0 Å². The first-order chi connectivity index (χ1) is 4.84. The van der Waals surface area contributed by atoms with Gasteiger partial charge in [-0.15, -0.1) is 0 Å². The Morgan fingerprint density at radius 3 is 2.70 bits per heavy atom. The maximum atomic E-state index is 9.17. The van der Waals surface area contributed by atoms with Gasteiger partial charge in [-0.05, 0) is 6.07 Å². The van der Waals surface area contributed by atoms with Gasteiger partial charge >= 0.3 is 0 Å². The van der Waals surface area contributed by atoms with E-state index < -0.39 is 0 Å². The fraction of sp³-hybridized carbons (Fsp3) is 0.143. The molecule has 0 aliphatic rings. The average Bonchev–Trinajstić information content (AvgIpc) is 1.94. The van der Waals surface area contributed by atoms with Gasteiger partial charge < -0.3 is 5.11 Å². The summed E-state index contributed by atoms with van der Waals surface area (Å²) in [5.74, 6) is 0.309. The predicted octanol–water partition coefficient (Wildman–Crippen LogP) is 1.33. The molecule has 10 heavy (non-hydrogen) atoms. The van der Waals surface area contributed by atoms with Crippen LogP contribution in [0.15, 0.2) is 24.3 Å². The zero-order valence-electron chi connectivity index (χ0n) is 5.41. The van der Waals surface area contributed by atoms with Crippen molar-refractivity contribution in [1.29, 1.82) is 0 Å². The Hall–Kier alpha value is -0.670. The number of rotatable bonds is 2. The lowest BCUT2D eigenvalue weighted by Crippen LogP contribution is -1.97. The van der Waals surface area contributed by atoms with Crippen molar-refractivity contribution in [3.05, 3.63) is 29.8 Å². The van der Waals surface area contributed by atoms with E-state index in [0.717, 1.165) is 5.56 Å². The summed E-state index contributed by atoms with van der Waals surface area (Å²) in [7, 11) is 0. The Labute approximate surface area is 65.4 Å². The molecule has 0 spiro atoms. The topological polar surface area (TPSA) is 32.3 Å². The quantitative estimate of drug-likeness (QED) is 0.563. The minimum Gasteiger partial charge on any atom is -0.508 e. The van der Waals surface area contributed by atoms with E-state index in [0.29, 0.717) is 12.3 Å². The Kier molecular flexibility index (Phi) is 2.59. The summed E-state index contributed by atoms with van der Waals surface area (Å²) in [6.07, 6.45) is 0. The van der Waals surface area contributed by atoms with Crippen molar-refractivity contribution in [3.63, 3.8) is 0 Å². The molecule has 2 nitrogen and oxygen atoms in total. The molecule has 0 saturated carbocycles. The largest absolute Gasteiger partial charge is 0.508 e. The summed E-state index contributed by atoms with van der Waals surface area (Å²) >= 11 is 3.82. The molecule has 1 rings (SSSR count). The zero-order valence-corrected chi connectivity index (χ0v) is 6.31. The van der Waals surface area contributed by atoms with E-state index in [-0.39, 0.29) is 0 Å². The number of hydrogen-bond donors (Lipinski definition) is 3. The van der Waals surface area contributed by atoms with Crippen molar-refractivity contribution in [1.82, 2.24) is 4.72 Å². The lowest BCUT2D eigenvalue weighted by Gasteiger charge is -2.00. The molecule has 0 atom stereocenters. The van der Waals surface area contributed by atoms with Gasteiger partial charge in [-0.25, -0.2) is 0 Å². The number of aromatic hydroxyl groups is 1. The van der Waals surface area contributed by atoms with E-state index >= 15 is 0 Å². The Balaban J connectivity index is 2.81. The third-order valence-corrected chi connectivity index (χ3v) is 1.42. The van der Waals surface area contributed by atoms with Gasteiger partial charge in [0.05, 0.1) is 0 Å². The SMILES string of the molecule is Oc1ccccc1CNS. The van der Waals surface area contributed by atoms with Crippen LogP contribution in [0.5, 0.6) is 5.75 Å². The standard InChI is InChI=1S/C7H9NOS/c9-7-4-2-1-3-6(7)5-8-10/h1-4,8-10H,5H2. The molecule has 0 heterocycles. The van der Waals surface area contributed by atoms with E-state index in [1.807, 2.05) is 12.1 Å². The lowest BCUT2D eigenvalue weighted by atomic mass is 10.2. The average molecular weight is 155 g/mol. The molecule has 0 radical (unpaired) electrons. The van der Waals surface area contributed by atoms with Crippen LogP contribution in [0.1, 0.15) is 5.56 Å². The summed E-state index contributed by atoms with van der Waals surface area (Å²) in [5.41, 5.74) is 0.859. The van der Waals surface area contributed by atoms with Crippen LogP contribution in [0.2, 0.25) is 0 Å². The molecule has 0 fully saturated rings. The number of thiol groups is 1. The van der Waals surface area contributed by atoms with E-state index in [1.54, 1.807) is 12.1 Å². The van der Waals surface area contributed by atoms with E-state index in [2.05, 4.69) is 17.5 Å². The highest BCUT2D eigenvalue weighted by Gasteiger charge is 1.95. The van der Waals surface area contributed by atoms with Crippen molar-refractivity contribution in [3.8, 4) is 5.75 Å². The molecular weight excluding hydrogens is 146 g/mol. The first kappa shape index (κ1) is 7.44. The van der Waals surface area contributed by atoms with Gasteiger partial charge in [0.15, 0.2) is 0 Å². The number of phenols is 1. The number of phenolic OH excluding ortho intramolecular Hbond substituents is 1. The monoisotopic (exact) mass is 155 g/mol. The van der Waals surface area contributed by atoms with Gasteiger partial charge in [0.25, 0.3) is 0 Å². The second kappa shape index (κ2) is 3.49. The third kappa shape index (κ3) is 1.65. The van der Waals surface area contributed by atoms with Crippen LogP contribution >= 0.6 is 12.8 Å². The van der Waals surface area contributed by atoms with E-state index in [1.165, 1.54) is 0 Å². The van der Waals surface area contributed by atoms with Crippen molar-refractivity contribution in [2.75, 3.05) is 0 Å². The Bertz CT molecular complexity index is 215. The van der Waals surface area contributed by atoms with Crippen molar-refractivity contribution in [2.45, 2.75) is 6.54 Å². The number of hydrogen-bond acceptors (Lipinski definition) is 3. The van der Waals surface area contributed by atoms with Crippen LogP contribution in [0.4, 0.5) is 0 Å². The van der Waals surface area contributed by atoms with E-state index in [9.17, 15) is 0 Å². The molecule has 0 amide bonds. The highest BCUT2D eigenvalue weighted by atomic mass is 32.1. The van der Waals surface area contributed by atoms with Crippen LogP contribution in [0.25, 0.3) is 0 Å². The third-order valence-electron chi connectivity index (χ3n) is 1.26. The summed E-state index contributed by atoms with van der Waals surface area (Å²) in [6.45, 7) is 0.579. The molecule has 54 valence electrons. The fourth-order valence-electron chi connectivity index (χ4n) is 0.745. The molecule has 2 N–H and O–H groups in total. The summed E-state index contributed by atoms with van der Waals surface area (Å²) in [5, 5.41) is 9.17. The minimum atomic E-state index is 0.309. The first-order valence-corrected chi connectivity index (χ1v) is 3.43. The number of benzene rings is 1. The Morgan fingerprint density at radius 1 is 1.40 bits per heavy atom. The Morgan fingerprint density at radius 2 is 2.10 bits per heavy atom. The molecule has 1 aromatic carbocycles. The van der Waals surface area contributed by atoms with Gasteiger partial charge in [0.1, 0.15) is 5.75 Å². The number of nitrogens with one attached hydrogen (secondary N) is 1. The van der Waals surface area contributed by atoms with Crippen LogP contribution < -0.4 is 4.72 Å². The van der Waals surface area contributed by atoms with Crippen molar-refractivity contribution in [2.24, 2.45) is 0 Å². The van der Waals surface area contributed by atoms with Gasteiger partial charge in [-0.2, -0.15) is 0 Å². The van der Waals surface area contributed by atoms with Crippen LogP contribution in [-0.4, -0.2) is 5.11 Å². The highest BCUT2D eigenvalue weighted by Crippen LogP contribution is 2.14. The lowest BCUT2D eigenvalue weighted by molar-refractivity contribution is 0.468. The second-order valence-corrected chi connectivity index (χ2v) is 2.28. The van der Waals surface area contributed by atoms with Crippen molar-refractivity contribution < 1.29 is 5.11 Å². The zero-order chi connectivity index (χ0) is 7.40. The molecule has 1 aromatic rings. The summed E-state index contributed by atoms with van der Waals surface area (Å²) in [4.78, 5) is 0. The highest BCUT2D eigenvalue weighted by molar-refractivity contribution is 7.78. The van der Waals surface area contributed by atoms with Crippen LogP contribution in [0.3, 0.4) is 0 Å². The number of para-hydroxylation sites is 1. The van der Waals surface area contributed by atoms with Gasteiger partial charge in [0, 0.05) is 12.1 Å². The molecular formula is C7H9NOS. The summed E-state index contributed by atoms with van der Waals surface area (Å²) < 4.78 is 2.66.